The van der Waals surface area contributed by atoms with Crippen molar-refractivity contribution in [2.24, 2.45) is 5.10 Å². The van der Waals surface area contributed by atoms with E-state index in [4.69, 9.17) is 5.73 Å². The second-order valence-electron chi connectivity index (χ2n) is 3.84. The minimum Gasteiger partial charge on any atom is -0.399 e. The molecule has 0 radical (unpaired) electrons. The third-order valence-electron chi connectivity index (χ3n) is 2.50. The number of hydrazone groups is 1. The van der Waals surface area contributed by atoms with Gasteiger partial charge in [0.05, 0.1) is 5.71 Å². The maximum atomic E-state index is 11.6. The third-order valence-corrected chi connectivity index (χ3v) is 2.50. The minimum atomic E-state index is -0.269. The van der Waals surface area contributed by atoms with E-state index in [9.17, 15) is 4.79 Å². The molecule has 0 unspecified atom stereocenters. The van der Waals surface area contributed by atoms with Crippen molar-refractivity contribution in [3.8, 4) is 0 Å². The standard InChI is InChI=1S/C13H14N4O/c1-9(10-4-6-11(14)7-5-10)16-17-13(18)12-3-2-8-15-12/h2-8,15H,14H2,1H3,(H,17,18)/b16-9-. The second-order valence-corrected chi connectivity index (χ2v) is 3.84. The minimum absolute atomic E-state index is 0.269. The van der Waals surface area contributed by atoms with E-state index in [1.54, 1.807) is 30.5 Å². The normalized spacial score (nSPS) is 11.3. The maximum absolute atomic E-state index is 11.6. The van der Waals surface area contributed by atoms with E-state index in [-0.39, 0.29) is 5.91 Å². The van der Waals surface area contributed by atoms with Gasteiger partial charge in [-0.3, -0.25) is 4.79 Å². The Morgan fingerprint density at radius 2 is 2.00 bits per heavy atom. The van der Waals surface area contributed by atoms with Crippen LogP contribution in [0.3, 0.4) is 0 Å². The van der Waals surface area contributed by atoms with E-state index in [0.29, 0.717) is 11.4 Å². The zero-order chi connectivity index (χ0) is 13.0. The molecule has 0 aliphatic carbocycles. The van der Waals surface area contributed by atoms with Gasteiger partial charge in [-0.2, -0.15) is 5.10 Å². The van der Waals surface area contributed by atoms with E-state index in [1.165, 1.54) is 0 Å². The lowest BCUT2D eigenvalue weighted by molar-refractivity contribution is 0.0950. The number of nitrogens with one attached hydrogen (secondary N) is 2. The molecule has 2 aromatic rings. The zero-order valence-corrected chi connectivity index (χ0v) is 9.97. The Hall–Kier alpha value is -2.56. The molecule has 1 aromatic heterocycles. The van der Waals surface area contributed by atoms with Crippen molar-refractivity contribution in [3.63, 3.8) is 0 Å². The van der Waals surface area contributed by atoms with Gasteiger partial charge in [0.2, 0.25) is 0 Å². The highest BCUT2D eigenvalue weighted by Gasteiger charge is 2.04. The van der Waals surface area contributed by atoms with Crippen LogP contribution >= 0.6 is 0 Å². The number of aromatic nitrogens is 1. The summed E-state index contributed by atoms with van der Waals surface area (Å²) in [6.07, 6.45) is 1.69. The van der Waals surface area contributed by atoms with Gasteiger partial charge >= 0.3 is 0 Å². The van der Waals surface area contributed by atoms with Gasteiger partial charge in [0.1, 0.15) is 5.69 Å². The molecule has 0 saturated heterocycles. The molecule has 5 heteroatoms. The number of carbonyl (C=O) groups excluding carboxylic acids is 1. The van der Waals surface area contributed by atoms with Gasteiger partial charge in [0.15, 0.2) is 0 Å². The molecule has 0 spiro atoms. The average molecular weight is 242 g/mol. The van der Waals surface area contributed by atoms with Crippen molar-refractivity contribution >= 4 is 17.3 Å². The fourth-order valence-electron chi connectivity index (χ4n) is 1.46. The number of anilines is 1. The molecular weight excluding hydrogens is 228 g/mol. The SMILES string of the molecule is C/C(=N/NC(=O)c1ccc[nH]1)c1ccc(N)cc1. The largest absolute Gasteiger partial charge is 0.399 e. The number of hydrogen-bond donors (Lipinski definition) is 3. The number of nitrogens with zero attached hydrogens (tertiary/aromatic N) is 1. The van der Waals surface area contributed by atoms with Crippen molar-refractivity contribution in [1.29, 1.82) is 0 Å². The molecule has 0 fully saturated rings. The van der Waals surface area contributed by atoms with Crippen molar-refractivity contribution < 1.29 is 4.79 Å². The Labute approximate surface area is 105 Å². The van der Waals surface area contributed by atoms with Crippen LogP contribution in [0.25, 0.3) is 0 Å². The fourth-order valence-corrected chi connectivity index (χ4v) is 1.46. The Morgan fingerprint density at radius 1 is 1.28 bits per heavy atom. The van der Waals surface area contributed by atoms with Crippen molar-refractivity contribution in [3.05, 3.63) is 53.9 Å². The fraction of sp³-hybridized carbons (Fsp3) is 0.0769. The molecule has 92 valence electrons. The number of carbonyl (C=O) groups is 1. The number of amides is 1. The lowest BCUT2D eigenvalue weighted by Crippen LogP contribution is -2.19. The van der Waals surface area contributed by atoms with Crippen molar-refractivity contribution in [2.75, 3.05) is 5.73 Å². The smallest absolute Gasteiger partial charge is 0.287 e. The molecular formula is C13H14N4O. The highest BCUT2D eigenvalue weighted by Crippen LogP contribution is 2.06. The highest BCUT2D eigenvalue weighted by molar-refractivity contribution is 6.00. The number of nitrogens with two attached hydrogens (primary N) is 1. The molecule has 2 rings (SSSR count). The molecule has 1 aromatic carbocycles. The second kappa shape index (κ2) is 5.18. The molecule has 5 nitrogen and oxygen atoms in total. The van der Waals surface area contributed by atoms with Gasteiger partial charge in [-0.05, 0) is 36.8 Å². The summed E-state index contributed by atoms with van der Waals surface area (Å²) in [5.41, 5.74) is 10.9. The van der Waals surface area contributed by atoms with Crippen LogP contribution in [0.5, 0.6) is 0 Å². The number of rotatable bonds is 3. The van der Waals surface area contributed by atoms with Crippen LogP contribution in [0.4, 0.5) is 5.69 Å². The first kappa shape index (κ1) is 11.9. The van der Waals surface area contributed by atoms with Crippen molar-refractivity contribution in [2.45, 2.75) is 6.92 Å². The van der Waals surface area contributed by atoms with Crippen LogP contribution in [-0.4, -0.2) is 16.6 Å². The van der Waals surface area contributed by atoms with Crippen LogP contribution in [0.2, 0.25) is 0 Å². The number of aromatic amines is 1. The quantitative estimate of drug-likeness (QED) is 0.435. The molecule has 0 aliphatic heterocycles. The number of benzene rings is 1. The summed E-state index contributed by atoms with van der Waals surface area (Å²) in [5, 5.41) is 4.04. The first-order valence-corrected chi connectivity index (χ1v) is 5.51. The van der Waals surface area contributed by atoms with Crippen LogP contribution < -0.4 is 11.2 Å². The summed E-state index contributed by atoms with van der Waals surface area (Å²) in [6, 6.07) is 10.7. The first-order valence-electron chi connectivity index (χ1n) is 5.51. The van der Waals surface area contributed by atoms with Crippen LogP contribution in [0.15, 0.2) is 47.7 Å². The first-order chi connectivity index (χ1) is 8.66. The van der Waals surface area contributed by atoms with E-state index in [2.05, 4.69) is 15.5 Å². The summed E-state index contributed by atoms with van der Waals surface area (Å²) in [4.78, 5) is 14.4. The Kier molecular flexibility index (Phi) is 3.43. The molecule has 1 heterocycles. The van der Waals surface area contributed by atoms with Crippen LogP contribution in [0.1, 0.15) is 23.0 Å². The Morgan fingerprint density at radius 3 is 2.61 bits per heavy atom. The monoisotopic (exact) mass is 242 g/mol. The highest BCUT2D eigenvalue weighted by atomic mass is 16.2. The topological polar surface area (TPSA) is 83.3 Å². The molecule has 4 N–H and O–H groups in total. The van der Waals surface area contributed by atoms with Gasteiger partial charge in [-0.1, -0.05) is 12.1 Å². The predicted molar refractivity (Wildman–Crippen MR) is 71.3 cm³/mol. The van der Waals surface area contributed by atoms with Gasteiger partial charge in [0, 0.05) is 11.9 Å². The summed E-state index contributed by atoms with van der Waals surface area (Å²) in [5.74, 6) is -0.269. The maximum Gasteiger partial charge on any atom is 0.287 e. The van der Waals surface area contributed by atoms with Gasteiger partial charge in [-0.15, -0.1) is 0 Å². The predicted octanol–water partition coefficient (Wildman–Crippen LogP) is 1.75. The number of nitrogen functional groups attached to an aromatic ring is 1. The molecule has 0 saturated carbocycles. The van der Waals surface area contributed by atoms with Crippen LogP contribution in [0, 0.1) is 0 Å². The van der Waals surface area contributed by atoms with E-state index in [0.717, 1.165) is 11.3 Å². The van der Waals surface area contributed by atoms with Gasteiger partial charge in [0.25, 0.3) is 5.91 Å². The summed E-state index contributed by atoms with van der Waals surface area (Å²) in [7, 11) is 0. The lowest BCUT2D eigenvalue weighted by atomic mass is 10.1. The van der Waals surface area contributed by atoms with Crippen LogP contribution in [-0.2, 0) is 0 Å². The summed E-state index contributed by atoms with van der Waals surface area (Å²) < 4.78 is 0. The van der Waals surface area contributed by atoms with Crippen molar-refractivity contribution in [1.82, 2.24) is 10.4 Å². The molecule has 0 aliphatic rings. The molecule has 18 heavy (non-hydrogen) atoms. The van der Waals surface area contributed by atoms with E-state index < -0.39 is 0 Å². The zero-order valence-electron chi connectivity index (χ0n) is 9.97. The summed E-state index contributed by atoms with van der Waals surface area (Å²) >= 11 is 0. The van der Waals surface area contributed by atoms with E-state index >= 15 is 0 Å². The number of hydrogen-bond acceptors (Lipinski definition) is 3. The average Bonchev–Trinajstić information content (AvgIpc) is 2.90. The van der Waals surface area contributed by atoms with E-state index in [1.807, 2.05) is 19.1 Å². The molecule has 0 bridgehead atoms. The van der Waals surface area contributed by atoms with Gasteiger partial charge < -0.3 is 10.7 Å². The Bertz CT molecular complexity index is 555. The lowest BCUT2D eigenvalue weighted by Gasteiger charge is -2.02. The molecule has 1 amide bonds. The number of H-pyrrole nitrogens is 1. The molecule has 0 atom stereocenters. The van der Waals surface area contributed by atoms with Gasteiger partial charge in [-0.25, -0.2) is 5.43 Å². The Balaban J connectivity index is 2.05. The third kappa shape index (κ3) is 2.76. The summed E-state index contributed by atoms with van der Waals surface area (Å²) in [6.45, 7) is 1.82.